The number of aromatic nitrogens is 3. The highest BCUT2D eigenvalue weighted by Crippen LogP contribution is 2.29. The van der Waals surface area contributed by atoms with Gasteiger partial charge in [0, 0.05) is 30.3 Å². The lowest BCUT2D eigenvalue weighted by molar-refractivity contribution is 0.840. The molecular formula is C16H18ClN5S. The molecule has 0 unspecified atom stereocenters. The first-order valence-corrected chi connectivity index (χ1v) is 9.12. The Morgan fingerprint density at radius 3 is 2.83 bits per heavy atom. The van der Waals surface area contributed by atoms with Crippen LogP contribution in [0.3, 0.4) is 0 Å². The van der Waals surface area contributed by atoms with Crippen molar-refractivity contribution in [3.8, 4) is 11.8 Å². The summed E-state index contributed by atoms with van der Waals surface area (Å²) in [4.78, 5) is 2.27. The monoisotopic (exact) mass is 347 g/mol. The lowest BCUT2D eigenvalue weighted by atomic mass is 10.3. The molecule has 0 aliphatic carbocycles. The first kappa shape index (κ1) is 16.2. The van der Waals surface area contributed by atoms with E-state index >= 15 is 0 Å². The molecule has 0 spiro atoms. The average molecular weight is 348 g/mol. The van der Waals surface area contributed by atoms with Crippen molar-refractivity contribution in [3.63, 3.8) is 0 Å². The van der Waals surface area contributed by atoms with Gasteiger partial charge in [-0.3, -0.25) is 4.57 Å². The maximum atomic E-state index is 8.66. The van der Waals surface area contributed by atoms with Crippen LogP contribution in [0.1, 0.15) is 25.7 Å². The summed E-state index contributed by atoms with van der Waals surface area (Å²) in [6.07, 6.45) is 3.79. The van der Waals surface area contributed by atoms with Crippen LogP contribution < -0.4 is 4.90 Å². The fraction of sp³-hybridized carbons (Fsp3) is 0.438. The zero-order valence-corrected chi connectivity index (χ0v) is 14.4. The second kappa shape index (κ2) is 7.71. The van der Waals surface area contributed by atoms with Crippen molar-refractivity contribution in [2.45, 2.75) is 30.8 Å². The van der Waals surface area contributed by atoms with Gasteiger partial charge in [0.1, 0.15) is 0 Å². The third kappa shape index (κ3) is 3.80. The second-order valence-electron chi connectivity index (χ2n) is 5.40. The number of halogens is 1. The molecular weight excluding hydrogens is 330 g/mol. The van der Waals surface area contributed by atoms with E-state index in [1.54, 1.807) is 11.8 Å². The van der Waals surface area contributed by atoms with Gasteiger partial charge < -0.3 is 4.90 Å². The Hall–Kier alpha value is -1.71. The number of nitriles is 1. The van der Waals surface area contributed by atoms with Gasteiger partial charge in [-0.15, -0.1) is 10.2 Å². The van der Waals surface area contributed by atoms with Crippen LogP contribution in [0.15, 0.2) is 29.4 Å². The van der Waals surface area contributed by atoms with Crippen molar-refractivity contribution < 1.29 is 0 Å². The molecule has 1 aliphatic rings. The van der Waals surface area contributed by atoms with Gasteiger partial charge in [0.25, 0.3) is 0 Å². The molecule has 1 aromatic carbocycles. The Morgan fingerprint density at radius 2 is 2.09 bits per heavy atom. The Bertz CT molecular complexity index is 703. The van der Waals surface area contributed by atoms with Crippen LogP contribution in [0, 0.1) is 11.3 Å². The number of rotatable bonds is 6. The van der Waals surface area contributed by atoms with Crippen LogP contribution in [0.2, 0.25) is 5.02 Å². The molecule has 2 aromatic rings. The molecule has 23 heavy (non-hydrogen) atoms. The number of nitrogens with zero attached hydrogens (tertiary/aromatic N) is 5. The highest BCUT2D eigenvalue weighted by atomic mass is 35.5. The second-order valence-corrected chi connectivity index (χ2v) is 6.90. The van der Waals surface area contributed by atoms with E-state index in [2.05, 4.69) is 25.7 Å². The quantitative estimate of drug-likeness (QED) is 0.585. The van der Waals surface area contributed by atoms with Crippen molar-refractivity contribution in [1.82, 2.24) is 14.8 Å². The van der Waals surface area contributed by atoms with E-state index in [-0.39, 0.29) is 0 Å². The molecule has 0 N–H and O–H groups in total. The van der Waals surface area contributed by atoms with Crippen LogP contribution in [0.4, 0.5) is 5.95 Å². The van der Waals surface area contributed by atoms with E-state index in [1.165, 1.54) is 12.8 Å². The van der Waals surface area contributed by atoms with Gasteiger partial charge >= 0.3 is 0 Å². The molecule has 3 rings (SSSR count). The van der Waals surface area contributed by atoms with Crippen molar-refractivity contribution in [2.75, 3.05) is 23.7 Å². The van der Waals surface area contributed by atoms with Crippen LogP contribution >= 0.6 is 23.4 Å². The fourth-order valence-corrected chi connectivity index (χ4v) is 3.70. The highest BCUT2D eigenvalue weighted by molar-refractivity contribution is 7.99. The molecule has 1 saturated heterocycles. The molecule has 1 aliphatic heterocycles. The third-order valence-electron chi connectivity index (χ3n) is 3.74. The first-order chi connectivity index (χ1) is 11.3. The number of anilines is 1. The summed E-state index contributed by atoms with van der Waals surface area (Å²) in [6.45, 7) is 2.02. The molecule has 1 aromatic heterocycles. The maximum Gasteiger partial charge on any atom is 0.232 e. The predicted octanol–water partition coefficient (Wildman–Crippen LogP) is 3.92. The van der Waals surface area contributed by atoms with E-state index in [0.717, 1.165) is 42.1 Å². The molecule has 7 heteroatoms. The molecule has 2 heterocycles. The van der Waals surface area contributed by atoms with Gasteiger partial charge in [0.15, 0.2) is 5.16 Å². The number of hydrogen-bond donors (Lipinski definition) is 0. The molecule has 0 radical (unpaired) electrons. The summed E-state index contributed by atoms with van der Waals surface area (Å²) < 4.78 is 2.08. The summed E-state index contributed by atoms with van der Waals surface area (Å²) in [5, 5.41) is 19.0. The Balaban J connectivity index is 1.91. The number of benzene rings is 1. The molecule has 1 fully saturated rings. The fourth-order valence-electron chi connectivity index (χ4n) is 2.63. The normalized spacial score (nSPS) is 14.2. The number of unbranched alkanes of at least 4 members (excludes halogenated alkanes) is 1. The SMILES string of the molecule is N#CCCCSc1nnc(N2CCCC2)n1-c1cccc(Cl)c1. The topological polar surface area (TPSA) is 57.7 Å². The van der Waals surface area contributed by atoms with E-state index in [1.807, 2.05) is 24.3 Å². The van der Waals surface area contributed by atoms with Crippen LogP contribution in [0.5, 0.6) is 0 Å². The van der Waals surface area contributed by atoms with Crippen molar-refractivity contribution >= 4 is 29.3 Å². The van der Waals surface area contributed by atoms with Gasteiger partial charge in [-0.1, -0.05) is 29.4 Å². The summed E-state index contributed by atoms with van der Waals surface area (Å²) in [7, 11) is 0. The molecule has 0 atom stereocenters. The molecule has 120 valence electrons. The van der Waals surface area contributed by atoms with E-state index in [9.17, 15) is 0 Å². The van der Waals surface area contributed by atoms with Gasteiger partial charge in [-0.05, 0) is 37.5 Å². The Morgan fingerprint density at radius 1 is 1.26 bits per heavy atom. The lowest BCUT2D eigenvalue weighted by Gasteiger charge is -2.18. The van der Waals surface area contributed by atoms with Crippen molar-refractivity contribution in [1.29, 1.82) is 5.26 Å². The Labute approximate surface area is 145 Å². The minimum absolute atomic E-state index is 0.567. The zero-order chi connectivity index (χ0) is 16.1. The summed E-state index contributed by atoms with van der Waals surface area (Å²) >= 11 is 7.80. The highest BCUT2D eigenvalue weighted by Gasteiger charge is 2.22. The average Bonchev–Trinajstić information content (AvgIpc) is 3.20. The summed E-state index contributed by atoms with van der Waals surface area (Å²) in [6, 6.07) is 9.94. The van der Waals surface area contributed by atoms with E-state index in [0.29, 0.717) is 11.4 Å². The molecule has 0 amide bonds. The molecule has 5 nitrogen and oxygen atoms in total. The minimum atomic E-state index is 0.567. The van der Waals surface area contributed by atoms with Gasteiger partial charge in [0.2, 0.25) is 5.95 Å². The molecule has 0 bridgehead atoms. The van der Waals surface area contributed by atoms with Crippen LogP contribution in [0.25, 0.3) is 5.69 Å². The Kier molecular flexibility index (Phi) is 5.42. The van der Waals surface area contributed by atoms with Gasteiger partial charge in [-0.2, -0.15) is 5.26 Å². The third-order valence-corrected chi connectivity index (χ3v) is 4.99. The molecule has 0 saturated carbocycles. The maximum absolute atomic E-state index is 8.66. The first-order valence-electron chi connectivity index (χ1n) is 7.75. The van der Waals surface area contributed by atoms with Gasteiger partial charge in [0.05, 0.1) is 11.8 Å². The van der Waals surface area contributed by atoms with E-state index in [4.69, 9.17) is 16.9 Å². The number of thioether (sulfide) groups is 1. The van der Waals surface area contributed by atoms with E-state index < -0.39 is 0 Å². The predicted molar refractivity (Wildman–Crippen MR) is 93.4 cm³/mol. The lowest BCUT2D eigenvalue weighted by Crippen LogP contribution is -2.22. The van der Waals surface area contributed by atoms with Crippen molar-refractivity contribution in [2.24, 2.45) is 0 Å². The van der Waals surface area contributed by atoms with Crippen molar-refractivity contribution in [3.05, 3.63) is 29.3 Å². The smallest absolute Gasteiger partial charge is 0.232 e. The van der Waals surface area contributed by atoms with Crippen LogP contribution in [-0.2, 0) is 0 Å². The largest absolute Gasteiger partial charge is 0.341 e. The van der Waals surface area contributed by atoms with Crippen LogP contribution in [-0.4, -0.2) is 33.6 Å². The zero-order valence-electron chi connectivity index (χ0n) is 12.8. The summed E-state index contributed by atoms with van der Waals surface area (Å²) in [5.74, 6) is 1.74. The summed E-state index contributed by atoms with van der Waals surface area (Å²) in [5.41, 5.74) is 0.979. The standard InChI is InChI=1S/C16H18ClN5S/c17-13-6-5-7-14(12-13)22-15(21-9-2-3-10-21)19-20-16(22)23-11-4-1-8-18/h5-7,12H,1-4,9-11H2. The van der Waals surface area contributed by atoms with Gasteiger partial charge in [-0.25, -0.2) is 0 Å². The minimum Gasteiger partial charge on any atom is -0.341 e. The number of hydrogen-bond acceptors (Lipinski definition) is 5.